The standard InChI is InChI=1S/C12H24N2O/c1-11(2)4-3-5-12(11,10-13)14-6-8-15-9-7-14/h3-10,13H2,1-2H3. The van der Waals surface area contributed by atoms with E-state index in [0.717, 1.165) is 32.8 Å². The first-order chi connectivity index (χ1) is 7.12. The van der Waals surface area contributed by atoms with Crippen LogP contribution >= 0.6 is 0 Å². The molecule has 1 atom stereocenters. The maximum Gasteiger partial charge on any atom is 0.0594 e. The lowest BCUT2D eigenvalue weighted by Crippen LogP contribution is -2.62. The fourth-order valence-electron chi connectivity index (χ4n) is 3.48. The average molecular weight is 212 g/mol. The molecule has 0 spiro atoms. The van der Waals surface area contributed by atoms with Gasteiger partial charge in [0.05, 0.1) is 13.2 Å². The molecular weight excluding hydrogens is 188 g/mol. The van der Waals surface area contributed by atoms with Crippen molar-refractivity contribution in [3.05, 3.63) is 0 Å². The van der Waals surface area contributed by atoms with Crippen LogP contribution in [0.3, 0.4) is 0 Å². The van der Waals surface area contributed by atoms with E-state index in [-0.39, 0.29) is 5.54 Å². The Kier molecular flexibility index (Phi) is 3.06. The predicted octanol–water partition coefficient (Wildman–Crippen LogP) is 1.23. The van der Waals surface area contributed by atoms with Gasteiger partial charge in [0.25, 0.3) is 0 Å². The van der Waals surface area contributed by atoms with Crippen LogP contribution < -0.4 is 5.73 Å². The third-order valence-electron chi connectivity index (χ3n) is 4.61. The minimum atomic E-state index is 0.233. The number of hydrogen-bond donors (Lipinski definition) is 1. The van der Waals surface area contributed by atoms with Gasteiger partial charge in [0.2, 0.25) is 0 Å². The monoisotopic (exact) mass is 212 g/mol. The summed E-state index contributed by atoms with van der Waals surface area (Å²) in [6.07, 6.45) is 3.89. The average Bonchev–Trinajstić information content (AvgIpc) is 2.55. The first-order valence-electron chi connectivity index (χ1n) is 6.15. The normalized spacial score (nSPS) is 37.0. The zero-order valence-electron chi connectivity index (χ0n) is 10.1. The SMILES string of the molecule is CC1(C)CCCC1(CN)N1CCOCC1. The van der Waals surface area contributed by atoms with Gasteiger partial charge in [0, 0.05) is 25.2 Å². The molecule has 2 aliphatic rings. The van der Waals surface area contributed by atoms with Gasteiger partial charge in [-0.25, -0.2) is 0 Å². The van der Waals surface area contributed by atoms with E-state index in [4.69, 9.17) is 10.5 Å². The highest BCUT2D eigenvalue weighted by atomic mass is 16.5. The Labute approximate surface area is 93.0 Å². The summed E-state index contributed by atoms with van der Waals surface area (Å²) >= 11 is 0. The summed E-state index contributed by atoms with van der Waals surface area (Å²) in [4.78, 5) is 2.59. The van der Waals surface area contributed by atoms with Crippen molar-refractivity contribution in [1.29, 1.82) is 0 Å². The molecule has 3 nitrogen and oxygen atoms in total. The summed E-state index contributed by atoms with van der Waals surface area (Å²) in [7, 11) is 0. The minimum absolute atomic E-state index is 0.233. The third-order valence-corrected chi connectivity index (χ3v) is 4.61. The maximum atomic E-state index is 6.09. The van der Waals surface area contributed by atoms with Gasteiger partial charge in [-0.15, -0.1) is 0 Å². The van der Waals surface area contributed by atoms with E-state index in [1.807, 2.05) is 0 Å². The van der Waals surface area contributed by atoms with Gasteiger partial charge in [-0.1, -0.05) is 20.3 Å². The van der Waals surface area contributed by atoms with Crippen LogP contribution in [0.5, 0.6) is 0 Å². The van der Waals surface area contributed by atoms with E-state index in [0.29, 0.717) is 5.41 Å². The van der Waals surface area contributed by atoms with Crippen molar-refractivity contribution in [1.82, 2.24) is 4.90 Å². The van der Waals surface area contributed by atoms with E-state index in [1.165, 1.54) is 19.3 Å². The van der Waals surface area contributed by atoms with Crippen LogP contribution in [0, 0.1) is 5.41 Å². The summed E-state index contributed by atoms with van der Waals surface area (Å²) in [5.41, 5.74) is 6.69. The quantitative estimate of drug-likeness (QED) is 0.748. The summed E-state index contributed by atoms with van der Waals surface area (Å²) < 4.78 is 5.43. The first-order valence-corrected chi connectivity index (χ1v) is 6.15. The molecule has 0 bridgehead atoms. The smallest absolute Gasteiger partial charge is 0.0594 e. The van der Waals surface area contributed by atoms with Crippen LogP contribution in [0.4, 0.5) is 0 Å². The number of nitrogens with two attached hydrogens (primary N) is 1. The molecule has 0 radical (unpaired) electrons. The molecule has 0 aromatic heterocycles. The predicted molar refractivity (Wildman–Crippen MR) is 61.8 cm³/mol. The molecule has 1 aliphatic heterocycles. The van der Waals surface area contributed by atoms with Crippen molar-refractivity contribution in [3.8, 4) is 0 Å². The molecule has 3 heteroatoms. The van der Waals surface area contributed by atoms with Crippen LogP contribution in [0.2, 0.25) is 0 Å². The highest BCUT2D eigenvalue weighted by molar-refractivity contribution is 5.07. The molecule has 15 heavy (non-hydrogen) atoms. The fraction of sp³-hybridized carbons (Fsp3) is 1.00. The van der Waals surface area contributed by atoms with E-state index < -0.39 is 0 Å². The molecule has 1 saturated heterocycles. The van der Waals surface area contributed by atoms with Crippen molar-refractivity contribution in [2.45, 2.75) is 38.6 Å². The molecule has 2 fully saturated rings. The van der Waals surface area contributed by atoms with Gasteiger partial charge >= 0.3 is 0 Å². The molecule has 0 aromatic rings. The fourth-order valence-corrected chi connectivity index (χ4v) is 3.48. The van der Waals surface area contributed by atoms with Crippen molar-refractivity contribution < 1.29 is 4.74 Å². The Morgan fingerprint density at radius 3 is 2.33 bits per heavy atom. The Morgan fingerprint density at radius 1 is 1.20 bits per heavy atom. The van der Waals surface area contributed by atoms with Gasteiger partial charge in [0.15, 0.2) is 0 Å². The van der Waals surface area contributed by atoms with Gasteiger partial charge < -0.3 is 10.5 Å². The molecule has 0 aromatic carbocycles. The van der Waals surface area contributed by atoms with E-state index in [9.17, 15) is 0 Å². The Bertz CT molecular complexity index is 224. The highest BCUT2D eigenvalue weighted by Gasteiger charge is 2.51. The van der Waals surface area contributed by atoms with Gasteiger partial charge in [-0.2, -0.15) is 0 Å². The lowest BCUT2D eigenvalue weighted by atomic mass is 9.73. The lowest BCUT2D eigenvalue weighted by molar-refractivity contribution is -0.0558. The summed E-state index contributed by atoms with van der Waals surface area (Å²) in [5, 5.41) is 0. The second-order valence-corrected chi connectivity index (χ2v) is 5.57. The molecule has 1 heterocycles. The van der Waals surface area contributed by atoms with Gasteiger partial charge in [-0.3, -0.25) is 4.90 Å². The first kappa shape index (κ1) is 11.4. The number of nitrogens with zero attached hydrogens (tertiary/aromatic N) is 1. The second-order valence-electron chi connectivity index (χ2n) is 5.57. The molecule has 1 aliphatic carbocycles. The molecule has 2 rings (SSSR count). The number of hydrogen-bond acceptors (Lipinski definition) is 3. The zero-order chi connectivity index (χ0) is 10.9. The Balaban J connectivity index is 2.19. The topological polar surface area (TPSA) is 38.5 Å². The second kappa shape index (κ2) is 4.04. The molecule has 88 valence electrons. The van der Waals surface area contributed by atoms with E-state index in [1.54, 1.807) is 0 Å². The van der Waals surface area contributed by atoms with Crippen molar-refractivity contribution >= 4 is 0 Å². The van der Waals surface area contributed by atoms with Crippen molar-refractivity contribution in [3.63, 3.8) is 0 Å². The third kappa shape index (κ3) is 1.71. The maximum absolute atomic E-state index is 6.09. The molecule has 1 saturated carbocycles. The van der Waals surface area contributed by atoms with Crippen LogP contribution in [-0.2, 0) is 4.74 Å². The largest absolute Gasteiger partial charge is 0.379 e. The summed E-state index contributed by atoms with van der Waals surface area (Å²) in [6, 6.07) is 0. The molecule has 0 amide bonds. The van der Waals surface area contributed by atoms with Crippen LogP contribution in [-0.4, -0.2) is 43.3 Å². The Hall–Kier alpha value is -0.120. The van der Waals surface area contributed by atoms with E-state index >= 15 is 0 Å². The van der Waals surface area contributed by atoms with Gasteiger partial charge in [-0.05, 0) is 18.3 Å². The molecule has 2 N–H and O–H groups in total. The van der Waals surface area contributed by atoms with Crippen LogP contribution in [0.15, 0.2) is 0 Å². The number of morpholine rings is 1. The Morgan fingerprint density at radius 2 is 1.87 bits per heavy atom. The molecule has 1 unspecified atom stereocenters. The minimum Gasteiger partial charge on any atom is -0.379 e. The van der Waals surface area contributed by atoms with E-state index in [2.05, 4.69) is 18.7 Å². The lowest BCUT2D eigenvalue weighted by Gasteiger charge is -2.50. The summed E-state index contributed by atoms with van der Waals surface area (Å²) in [6.45, 7) is 9.40. The highest BCUT2D eigenvalue weighted by Crippen LogP contribution is 2.49. The van der Waals surface area contributed by atoms with Crippen molar-refractivity contribution in [2.75, 3.05) is 32.8 Å². The number of ether oxygens (including phenoxy) is 1. The van der Waals surface area contributed by atoms with Gasteiger partial charge in [0.1, 0.15) is 0 Å². The molecular formula is C12H24N2O. The summed E-state index contributed by atoms with van der Waals surface area (Å²) in [5.74, 6) is 0. The van der Waals surface area contributed by atoms with Crippen LogP contribution in [0.1, 0.15) is 33.1 Å². The number of rotatable bonds is 2. The van der Waals surface area contributed by atoms with Crippen molar-refractivity contribution in [2.24, 2.45) is 11.1 Å². The van der Waals surface area contributed by atoms with Crippen LogP contribution in [0.25, 0.3) is 0 Å². The zero-order valence-corrected chi connectivity index (χ0v) is 10.1.